The van der Waals surface area contributed by atoms with Crippen LogP contribution in [0.2, 0.25) is 0 Å². The van der Waals surface area contributed by atoms with Crippen molar-refractivity contribution in [1.29, 1.82) is 0 Å². The van der Waals surface area contributed by atoms with E-state index in [4.69, 9.17) is 9.15 Å². The third-order valence-electron chi connectivity index (χ3n) is 5.73. The van der Waals surface area contributed by atoms with Gasteiger partial charge >= 0.3 is 0 Å². The van der Waals surface area contributed by atoms with E-state index in [0.29, 0.717) is 35.2 Å². The number of aryl methyl sites for hydroxylation is 1. The van der Waals surface area contributed by atoms with Gasteiger partial charge in [0.25, 0.3) is 5.91 Å². The average molecular weight is 393 g/mol. The van der Waals surface area contributed by atoms with E-state index in [-0.39, 0.29) is 29.0 Å². The maximum Gasteiger partial charge on any atom is 0.291 e. The lowest BCUT2D eigenvalue weighted by Gasteiger charge is -2.27. The summed E-state index contributed by atoms with van der Waals surface area (Å²) in [5.41, 5.74) is 2.10. The number of benzene rings is 2. The Labute approximate surface area is 166 Å². The van der Waals surface area contributed by atoms with Gasteiger partial charge in [-0.25, -0.2) is 4.39 Å². The average Bonchev–Trinajstić information content (AvgIpc) is 3.32. The number of amides is 1. The number of halogens is 1. The van der Waals surface area contributed by atoms with E-state index in [2.05, 4.69) is 0 Å². The van der Waals surface area contributed by atoms with Crippen LogP contribution < -0.4 is 5.43 Å². The monoisotopic (exact) mass is 393 g/mol. The van der Waals surface area contributed by atoms with Crippen LogP contribution in [0.1, 0.15) is 46.1 Å². The molecular formula is C23H20FNO4. The topological polar surface area (TPSA) is 59.8 Å². The standard InChI is InChI=1S/C23H20FNO4/c1-13-4-9-18-17(11-13)21(26)19-20(14-5-7-15(24)8-6-14)25(23(27)22(19)29-18)12-16-3-2-10-28-16/h4-9,11,16,20H,2-3,10,12H2,1H3/t16-,20-/m0/s1. The molecule has 3 aromatic rings. The van der Waals surface area contributed by atoms with Crippen LogP contribution >= 0.6 is 0 Å². The molecule has 1 amide bonds. The van der Waals surface area contributed by atoms with Crippen LogP contribution in [0.3, 0.4) is 0 Å². The molecule has 2 aliphatic rings. The highest BCUT2D eigenvalue weighted by molar-refractivity contribution is 5.99. The van der Waals surface area contributed by atoms with Crippen LogP contribution in [0.4, 0.5) is 4.39 Å². The minimum absolute atomic E-state index is 0.0682. The normalized spacial score (nSPS) is 21.2. The Bertz CT molecular complexity index is 1160. The maximum absolute atomic E-state index is 13.5. The van der Waals surface area contributed by atoms with Crippen molar-refractivity contribution in [3.05, 3.63) is 81.0 Å². The molecule has 2 aromatic carbocycles. The predicted molar refractivity (Wildman–Crippen MR) is 105 cm³/mol. The molecule has 148 valence electrons. The van der Waals surface area contributed by atoms with E-state index in [1.807, 2.05) is 13.0 Å². The van der Waals surface area contributed by atoms with Crippen molar-refractivity contribution >= 4 is 16.9 Å². The number of ether oxygens (including phenoxy) is 1. The molecule has 0 spiro atoms. The molecule has 1 saturated heterocycles. The fraction of sp³-hybridized carbons (Fsp3) is 0.304. The molecular weight excluding hydrogens is 373 g/mol. The van der Waals surface area contributed by atoms with Crippen LogP contribution in [0.25, 0.3) is 11.0 Å². The van der Waals surface area contributed by atoms with Gasteiger partial charge in [-0.1, -0.05) is 23.8 Å². The maximum atomic E-state index is 13.5. The van der Waals surface area contributed by atoms with Crippen molar-refractivity contribution in [3.8, 4) is 0 Å². The highest BCUT2D eigenvalue weighted by Gasteiger charge is 2.43. The van der Waals surface area contributed by atoms with Crippen molar-refractivity contribution in [2.45, 2.75) is 31.9 Å². The number of hydrogen-bond acceptors (Lipinski definition) is 4. The number of hydrogen-bond donors (Lipinski definition) is 0. The molecule has 2 aliphatic heterocycles. The fourth-order valence-electron chi connectivity index (χ4n) is 4.32. The summed E-state index contributed by atoms with van der Waals surface area (Å²) in [6.07, 6.45) is 1.72. The summed E-state index contributed by atoms with van der Waals surface area (Å²) in [5.74, 6) is -0.631. The Morgan fingerprint density at radius 1 is 1.14 bits per heavy atom. The summed E-state index contributed by atoms with van der Waals surface area (Å²) in [7, 11) is 0. The van der Waals surface area contributed by atoms with Gasteiger partial charge in [-0.05, 0) is 49.6 Å². The molecule has 0 bridgehead atoms. The van der Waals surface area contributed by atoms with E-state index in [1.54, 1.807) is 29.2 Å². The summed E-state index contributed by atoms with van der Waals surface area (Å²) < 4.78 is 25.2. The van der Waals surface area contributed by atoms with Gasteiger partial charge in [-0.15, -0.1) is 0 Å². The van der Waals surface area contributed by atoms with Crippen LogP contribution in [0.5, 0.6) is 0 Å². The molecule has 1 aromatic heterocycles. The molecule has 0 saturated carbocycles. The van der Waals surface area contributed by atoms with Gasteiger partial charge in [-0.2, -0.15) is 0 Å². The van der Waals surface area contributed by atoms with Gasteiger partial charge in [-0.3, -0.25) is 9.59 Å². The summed E-state index contributed by atoms with van der Waals surface area (Å²) in [6.45, 7) is 2.93. The summed E-state index contributed by atoms with van der Waals surface area (Å²) in [4.78, 5) is 28.3. The minimum atomic E-state index is -0.622. The smallest absolute Gasteiger partial charge is 0.291 e. The highest BCUT2D eigenvalue weighted by Crippen LogP contribution is 2.39. The SMILES string of the molecule is Cc1ccc2oc3c(c(=O)c2c1)[C@H](c1ccc(F)cc1)N(C[C@@H]1CCCO1)C3=O. The highest BCUT2D eigenvalue weighted by atomic mass is 19.1. The van der Waals surface area contributed by atoms with Crippen molar-refractivity contribution in [2.24, 2.45) is 0 Å². The summed E-state index contributed by atoms with van der Waals surface area (Å²) in [5, 5.41) is 0.447. The Balaban J connectivity index is 1.71. The first-order chi connectivity index (χ1) is 14.0. The molecule has 5 nitrogen and oxygen atoms in total. The van der Waals surface area contributed by atoms with Crippen molar-refractivity contribution in [1.82, 2.24) is 4.90 Å². The zero-order valence-corrected chi connectivity index (χ0v) is 16.0. The van der Waals surface area contributed by atoms with Crippen molar-refractivity contribution < 1.29 is 18.3 Å². The van der Waals surface area contributed by atoms with Crippen LogP contribution in [-0.2, 0) is 4.74 Å². The Morgan fingerprint density at radius 3 is 2.66 bits per heavy atom. The molecule has 2 atom stereocenters. The zero-order valence-electron chi connectivity index (χ0n) is 16.0. The molecule has 0 N–H and O–H groups in total. The molecule has 0 unspecified atom stereocenters. The van der Waals surface area contributed by atoms with Gasteiger partial charge in [0.05, 0.1) is 23.1 Å². The first-order valence-corrected chi connectivity index (χ1v) is 9.78. The van der Waals surface area contributed by atoms with Crippen LogP contribution in [0.15, 0.2) is 51.7 Å². The fourth-order valence-corrected chi connectivity index (χ4v) is 4.32. The lowest BCUT2D eigenvalue weighted by atomic mass is 9.98. The third-order valence-corrected chi connectivity index (χ3v) is 5.73. The molecule has 5 rings (SSSR count). The van der Waals surface area contributed by atoms with Gasteiger partial charge in [0.15, 0.2) is 5.43 Å². The molecule has 0 aliphatic carbocycles. The minimum Gasteiger partial charge on any atom is -0.450 e. The number of fused-ring (bicyclic) bond motifs is 2. The number of carbonyl (C=O) groups is 1. The second-order valence-electron chi connectivity index (χ2n) is 7.72. The quantitative estimate of drug-likeness (QED) is 0.676. The second kappa shape index (κ2) is 6.81. The first kappa shape index (κ1) is 18.1. The number of carbonyl (C=O) groups excluding carboxylic acids is 1. The van der Waals surface area contributed by atoms with E-state index in [9.17, 15) is 14.0 Å². The largest absolute Gasteiger partial charge is 0.450 e. The molecule has 6 heteroatoms. The Morgan fingerprint density at radius 2 is 1.93 bits per heavy atom. The van der Waals surface area contributed by atoms with Gasteiger partial charge in [0.2, 0.25) is 5.76 Å². The number of nitrogens with zero attached hydrogens (tertiary/aromatic N) is 1. The lowest BCUT2D eigenvalue weighted by Crippen LogP contribution is -2.36. The third kappa shape index (κ3) is 2.95. The van der Waals surface area contributed by atoms with E-state index in [0.717, 1.165) is 18.4 Å². The lowest BCUT2D eigenvalue weighted by molar-refractivity contribution is 0.0486. The van der Waals surface area contributed by atoms with E-state index >= 15 is 0 Å². The van der Waals surface area contributed by atoms with E-state index in [1.165, 1.54) is 12.1 Å². The second-order valence-corrected chi connectivity index (χ2v) is 7.72. The molecule has 3 heterocycles. The molecule has 1 fully saturated rings. The molecule has 0 radical (unpaired) electrons. The van der Waals surface area contributed by atoms with Crippen molar-refractivity contribution in [3.63, 3.8) is 0 Å². The summed E-state index contributed by atoms with van der Waals surface area (Å²) in [6, 6.07) is 10.6. The van der Waals surface area contributed by atoms with Crippen LogP contribution in [0, 0.1) is 12.7 Å². The van der Waals surface area contributed by atoms with Crippen molar-refractivity contribution in [2.75, 3.05) is 13.2 Å². The Hall–Kier alpha value is -2.99. The summed E-state index contributed by atoms with van der Waals surface area (Å²) >= 11 is 0. The Kier molecular flexibility index (Phi) is 4.24. The zero-order chi connectivity index (χ0) is 20.1. The molecule has 29 heavy (non-hydrogen) atoms. The van der Waals surface area contributed by atoms with E-state index < -0.39 is 6.04 Å². The van der Waals surface area contributed by atoms with Crippen LogP contribution in [-0.4, -0.2) is 30.1 Å². The first-order valence-electron chi connectivity index (χ1n) is 9.78. The number of rotatable bonds is 3. The van der Waals surface area contributed by atoms with Gasteiger partial charge in [0, 0.05) is 13.2 Å². The predicted octanol–water partition coefficient (Wildman–Crippen LogP) is 3.96. The van der Waals surface area contributed by atoms with Gasteiger partial charge < -0.3 is 14.1 Å². The van der Waals surface area contributed by atoms with Gasteiger partial charge in [0.1, 0.15) is 11.4 Å².